The average molecular weight is 379 g/mol. The summed E-state index contributed by atoms with van der Waals surface area (Å²) in [7, 11) is 0. The maximum Gasteiger partial charge on any atom is 0.224 e. The number of ether oxygens (including phenoxy) is 1. The monoisotopic (exact) mass is 378 g/mol. The van der Waals surface area contributed by atoms with E-state index in [1.165, 1.54) is 0 Å². The van der Waals surface area contributed by atoms with E-state index in [1.807, 2.05) is 18.2 Å². The van der Waals surface area contributed by atoms with Crippen molar-refractivity contribution in [1.29, 1.82) is 0 Å². The molecule has 4 nitrogen and oxygen atoms in total. The molecule has 0 bridgehead atoms. The lowest BCUT2D eigenvalue weighted by Gasteiger charge is -2.29. The van der Waals surface area contributed by atoms with Gasteiger partial charge in [0.15, 0.2) is 0 Å². The number of benzene rings is 1. The standard InChI is InChI=1S/C19H20Cl2N2O2/c20-14-5-10-19(22-12-14)25-16-8-6-15(7-9-16)23-18(24)11-13-3-1-2-4-17(13)21/h1-5,10,12,15-16H,6-9,11H2,(H,23,24). The van der Waals surface area contributed by atoms with Gasteiger partial charge in [-0.15, -0.1) is 0 Å². The number of nitrogens with one attached hydrogen (secondary N) is 1. The second-order valence-corrected chi connectivity index (χ2v) is 7.09. The molecule has 0 aliphatic heterocycles. The number of halogens is 2. The fraction of sp³-hybridized carbons (Fsp3) is 0.368. The molecule has 2 aromatic rings. The maximum absolute atomic E-state index is 12.2. The highest BCUT2D eigenvalue weighted by atomic mass is 35.5. The van der Waals surface area contributed by atoms with Crippen LogP contribution in [0.5, 0.6) is 5.88 Å². The molecule has 0 atom stereocenters. The lowest BCUT2D eigenvalue weighted by Crippen LogP contribution is -2.40. The quantitative estimate of drug-likeness (QED) is 0.836. The van der Waals surface area contributed by atoms with Crippen molar-refractivity contribution < 1.29 is 9.53 Å². The highest BCUT2D eigenvalue weighted by Crippen LogP contribution is 2.24. The van der Waals surface area contributed by atoms with Gasteiger partial charge in [0, 0.05) is 23.3 Å². The Bertz CT molecular complexity index is 714. The van der Waals surface area contributed by atoms with E-state index in [2.05, 4.69) is 10.3 Å². The molecule has 1 heterocycles. The Kier molecular flexibility index (Phi) is 6.16. The van der Waals surface area contributed by atoms with E-state index in [0.29, 0.717) is 22.3 Å². The van der Waals surface area contributed by atoms with Crippen LogP contribution in [0, 0.1) is 0 Å². The number of pyridine rings is 1. The van der Waals surface area contributed by atoms with Crippen LogP contribution in [-0.2, 0) is 11.2 Å². The molecule has 6 heteroatoms. The molecule has 1 aliphatic carbocycles. The van der Waals surface area contributed by atoms with Crippen LogP contribution in [0.25, 0.3) is 0 Å². The van der Waals surface area contributed by atoms with E-state index < -0.39 is 0 Å². The Labute approximate surface area is 157 Å². The topological polar surface area (TPSA) is 51.2 Å². The zero-order chi connectivity index (χ0) is 17.6. The molecule has 25 heavy (non-hydrogen) atoms. The molecule has 1 aromatic heterocycles. The number of rotatable bonds is 5. The van der Waals surface area contributed by atoms with E-state index in [-0.39, 0.29) is 18.1 Å². The van der Waals surface area contributed by atoms with Crippen molar-refractivity contribution in [3.63, 3.8) is 0 Å². The second-order valence-electron chi connectivity index (χ2n) is 6.24. The smallest absolute Gasteiger partial charge is 0.224 e. The van der Waals surface area contributed by atoms with Gasteiger partial charge in [-0.1, -0.05) is 41.4 Å². The van der Waals surface area contributed by atoms with Crippen LogP contribution in [0.4, 0.5) is 0 Å². The molecular weight excluding hydrogens is 359 g/mol. The third-order valence-electron chi connectivity index (χ3n) is 4.34. The minimum Gasteiger partial charge on any atom is -0.474 e. The molecule has 1 aromatic carbocycles. The Hall–Kier alpha value is -1.78. The summed E-state index contributed by atoms with van der Waals surface area (Å²) in [6.45, 7) is 0. The Balaban J connectivity index is 1.43. The van der Waals surface area contributed by atoms with Crippen LogP contribution < -0.4 is 10.1 Å². The molecule has 1 N–H and O–H groups in total. The second kappa shape index (κ2) is 8.54. The number of hydrogen-bond donors (Lipinski definition) is 1. The summed E-state index contributed by atoms with van der Waals surface area (Å²) in [6, 6.07) is 11.2. The number of carbonyl (C=O) groups is 1. The predicted molar refractivity (Wildman–Crippen MR) is 99.2 cm³/mol. The summed E-state index contributed by atoms with van der Waals surface area (Å²) < 4.78 is 5.88. The lowest BCUT2D eigenvalue weighted by molar-refractivity contribution is -0.121. The number of amides is 1. The predicted octanol–water partition coefficient (Wildman–Crippen LogP) is 4.44. The van der Waals surface area contributed by atoms with Gasteiger partial charge in [-0.3, -0.25) is 4.79 Å². The molecular formula is C19H20Cl2N2O2. The largest absolute Gasteiger partial charge is 0.474 e. The Morgan fingerprint density at radius 2 is 1.88 bits per heavy atom. The van der Waals surface area contributed by atoms with Crippen molar-refractivity contribution in [2.75, 3.05) is 0 Å². The number of hydrogen-bond acceptors (Lipinski definition) is 3. The van der Waals surface area contributed by atoms with Crippen LogP contribution in [0.2, 0.25) is 10.0 Å². The van der Waals surface area contributed by atoms with Gasteiger partial charge in [0.2, 0.25) is 11.8 Å². The number of carbonyl (C=O) groups excluding carboxylic acids is 1. The van der Waals surface area contributed by atoms with Crippen LogP contribution in [0.15, 0.2) is 42.6 Å². The van der Waals surface area contributed by atoms with E-state index in [9.17, 15) is 4.79 Å². The molecule has 1 aliphatic rings. The molecule has 1 amide bonds. The van der Waals surface area contributed by atoms with Crippen molar-refractivity contribution in [2.24, 2.45) is 0 Å². The SMILES string of the molecule is O=C(Cc1ccccc1Cl)NC1CCC(Oc2ccc(Cl)cn2)CC1. The normalized spacial score (nSPS) is 20.1. The van der Waals surface area contributed by atoms with E-state index in [4.69, 9.17) is 27.9 Å². The molecule has 3 rings (SSSR count). The van der Waals surface area contributed by atoms with Gasteiger partial charge in [0.1, 0.15) is 6.10 Å². The molecule has 0 spiro atoms. The van der Waals surface area contributed by atoms with Gasteiger partial charge < -0.3 is 10.1 Å². The van der Waals surface area contributed by atoms with E-state index in [0.717, 1.165) is 31.2 Å². The number of aromatic nitrogens is 1. The van der Waals surface area contributed by atoms with Gasteiger partial charge in [-0.25, -0.2) is 4.98 Å². The van der Waals surface area contributed by atoms with Crippen LogP contribution in [0.1, 0.15) is 31.2 Å². The first-order chi connectivity index (χ1) is 12.1. The zero-order valence-electron chi connectivity index (χ0n) is 13.8. The van der Waals surface area contributed by atoms with Gasteiger partial charge >= 0.3 is 0 Å². The highest BCUT2D eigenvalue weighted by molar-refractivity contribution is 6.31. The van der Waals surface area contributed by atoms with Crippen molar-refractivity contribution in [2.45, 2.75) is 44.2 Å². The summed E-state index contributed by atoms with van der Waals surface area (Å²) >= 11 is 11.9. The third kappa shape index (κ3) is 5.35. The fourth-order valence-electron chi connectivity index (χ4n) is 3.02. The van der Waals surface area contributed by atoms with E-state index in [1.54, 1.807) is 24.4 Å². The van der Waals surface area contributed by atoms with E-state index >= 15 is 0 Å². The van der Waals surface area contributed by atoms with Crippen LogP contribution in [-0.4, -0.2) is 23.0 Å². The Morgan fingerprint density at radius 1 is 1.12 bits per heavy atom. The van der Waals surface area contributed by atoms with Gasteiger partial charge in [0.05, 0.1) is 11.4 Å². The highest BCUT2D eigenvalue weighted by Gasteiger charge is 2.24. The van der Waals surface area contributed by atoms with Gasteiger partial charge in [0.25, 0.3) is 0 Å². The van der Waals surface area contributed by atoms with Gasteiger partial charge in [-0.2, -0.15) is 0 Å². The first-order valence-corrected chi connectivity index (χ1v) is 9.17. The Morgan fingerprint density at radius 3 is 2.56 bits per heavy atom. The van der Waals surface area contributed by atoms with Crippen molar-refractivity contribution >= 4 is 29.1 Å². The molecule has 1 saturated carbocycles. The zero-order valence-corrected chi connectivity index (χ0v) is 15.3. The maximum atomic E-state index is 12.2. The summed E-state index contributed by atoms with van der Waals surface area (Å²) in [6.07, 6.45) is 5.59. The average Bonchev–Trinajstić information content (AvgIpc) is 2.61. The van der Waals surface area contributed by atoms with Crippen molar-refractivity contribution in [3.05, 3.63) is 58.2 Å². The van der Waals surface area contributed by atoms with Crippen LogP contribution in [0.3, 0.4) is 0 Å². The lowest BCUT2D eigenvalue weighted by atomic mass is 9.92. The minimum absolute atomic E-state index is 0.0110. The fourth-order valence-corrected chi connectivity index (χ4v) is 3.34. The molecule has 0 saturated heterocycles. The summed E-state index contributed by atoms with van der Waals surface area (Å²) in [4.78, 5) is 16.4. The molecule has 0 radical (unpaired) electrons. The summed E-state index contributed by atoms with van der Waals surface area (Å²) in [5.74, 6) is 0.604. The molecule has 132 valence electrons. The van der Waals surface area contributed by atoms with Crippen molar-refractivity contribution in [3.8, 4) is 5.88 Å². The molecule has 0 unspecified atom stereocenters. The number of nitrogens with zero attached hydrogens (tertiary/aromatic N) is 1. The first-order valence-electron chi connectivity index (χ1n) is 8.41. The third-order valence-corrected chi connectivity index (χ3v) is 4.93. The minimum atomic E-state index is 0.0110. The first kappa shape index (κ1) is 18.0. The van der Waals surface area contributed by atoms with Crippen molar-refractivity contribution in [1.82, 2.24) is 10.3 Å². The summed E-state index contributed by atoms with van der Waals surface area (Å²) in [5.41, 5.74) is 0.854. The van der Waals surface area contributed by atoms with Gasteiger partial charge in [-0.05, 0) is 43.4 Å². The van der Waals surface area contributed by atoms with Crippen LogP contribution >= 0.6 is 23.2 Å². The summed E-state index contributed by atoms with van der Waals surface area (Å²) in [5, 5.41) is 4.32. The molecule has 1 fully saturated rings.